The van der Waals surface area contributed by atoms with Gasteiger partial charge >= 0.3 is 0 Å². The van der Waals surface area contributed by atoms with E-state index in [1.165, 1.54) is 6.42 Å². The summed E-state index contributed by atoms with van der Waals surface area (Å²) in [6, 6.07) is 8.29. The van der Waals surface area contributed by atoms with Gasteiger partial charge in [0.15, 0.2) is 5.82 Å². The third-order valence-corrected chi connectivity index (χ3v) is 8.03. The maximum Gasteiger partial charge on any atom is 0.246 e. The highest BCUT2D eigenvalue weighted by molar-refractivity contribution is 6.11. The smallest absolute Gasteiger partial charge is 0.246 e. The molecule has 1 spiro atoms. The number of fused-ring (bicyclic) bond motifs is 1. The SMILES string of the molecule is Cc1cc(NC(=O)[C@H]2[C@H]3C=C[C@@]4(O3)[C@H]2C(=O)N(c2ccccc2C)[C@@H]4C(=O)NC2CCCCC2)no1. The van der Waals surface area contributed by atoms with E-state index in [1.807, 2.05) is 43.3 Å². The lowest BCUT2D eigenvalue weighted by atomic mass is 9.74. The zero-order valence-corrected chi connectivity index (χ0v) is 20.4. The highest BCUT2D eigenvalue weighted by Gasteiger charge is 2.73. The van der Waals surface area contributed by atoms with Gasteiger partial charge in [0, 0.05) is 17.8 Å². The molecule has 2 bridgehead atoms. The highest BCUT2D eigenvalue weighted by Crippen LogP contribution is 2.56. The zero-order chi connectivity index (χ0) is 25.0. The van der Waals surface area contributed by atoms with E-state index in [0.29, 0.717) is 11.4 Å². The Hall–Kier alpha value is -3.46. The Morgan fingerprint density at radius 1 is 1.11 bits per heavy atom. The van der Waals surface area contributed by atoms with Crippen LogP contribution in [-0.4, -0.2) is 46.7 Å². The van der Waals surface area contributed by atoms with Crippen LogP contribution in [0, 0.1) is 25.7 Å². The van der Waals surface area contributed by atoms with Gasteiger partial charge in [-0.3, -0.25) is 19.3 Å². The van der Waals surface area contributed by atoms with Gasteiger partial charge in [-0.15, -0.1) is 0 Å². The number of nitrogens with zero attached hydrogens (tertiary/aromatic N) is 2. The number of carbonyl (C=O) groups excluding carboxylic acids is 3. The van der Waals surface area contributed by atoms with E-state index in [9.17, 15) is 14.4 Å². The van der Waals surface area contributed by atoms with Crippen molar-refractivity contribution in [2.75, 3.05) is 10.2 Å². The van der Waals surface area contributed by atoms with Gasteiger partial charge in [-0.25, -0.2) is 0 Å². The number of hydrogen-bond donors (Lipinski definition) is 2. The van der Waals surface area contributed by atoms with E-state index < -0.39 is 29.6 Å². The van der Waals surface area contributed by atoms with Crippen LogP contribution in [0.25, 0.3) is 0 Å². The van der Waals surface area contributed by atoms with E-state index >= 15 is 0 Å². The summed E-state index contributed by atoms with van der Waals surface area (Å²) in [6.45, 7) is 3.65. The molecule has 9 heteroatoms. The summed E-state index contributed by atoms with van der Waals surface area (Å²) in [7, 11) is 0. The number of nitrogens with one attached hydrogen (secondary N) is 2. The number of anilines is 2. The molecule has 3 fully saturated rings. The van der Waals surface area contributed by atoms with Crippen molar-refractivity contribution in [1.29, 1.82) is 0 Å². The highest BCUT2D eigenvalue weighted by atomic mass is 16.5. The van der Waals surface area contributed by atoms with Crippen LogP contribution in [-0.2, 0) is 19.1 Å². The summed E-state index contributed by atoms with van der Waals surface area (Å²) in [5, 5.41) is 9.82. The van der Waals surface area contributed by atoms with Crippen molar-refractivity contribution in [3.05, 3.63) is 53.8 Å². The Balaban J connectivity index is 1.38. The summed E-state index contributed by atoms with van der Waals surface area (Å²) in [4.78, 5) is 43.0. The lowest BCUT2D eigenvalue weighted by Crippen LogP contribution is -2.56. The first-order chi connectivity index (χ1) is 17.4. The Kier molecular flexibility index (Phi) is 5.48. The Morgan fingerprint density at radius 3 is 2.61 bits per heavy atom. The van der Waals surface area contributed by atoms with Crippen molar-refractivity contribution in [2.24, 2.45) is 11.8 Å². The average molecular weight is 491 g/mol. The van der Waals surface area contributed by atoms with Gasteiger partial charge in [-0.2, -0.15) is 0 Å². The molecule has 1 aliphatic carbocycles. The molecule has 2 saturated heterocycles. The van der Waals surface area contributed by atoms with E-state index in [2.05, 4.69) is 15.8 Å². The molecule has 0 unspecified atom stereocenters. The molecule has 6 rings (SSSR count). The molecule has 188 valence electrons. The molecular weight excluding hydrogens is 460 g/mol. The van der Waals surface area contributed by atoms with Crippen LogP contribution < -0.4 is 15.5 Å². The molecule has 4 aliphatic rings. The number of carbonyl (C=O) groups is 3. The first-order valence-corrected chi connectivity index (χ1v) is 12.7. The lowest BCUT2D eigenvalue weighted by molar-refractivity contribution is -0.129. The molecule has 1 aromatic carbocycles. The van der Waals surface area contributed by atoms with Gasteiger partial charge in [-0.05, 0) is 38.3 Å². The lowest BCUT2D eigenvalue weighted by Gasteiger charge is -2.34. The van der Waals surface area contributed by atoms with E-state index in [4.69, 9.17) is 9.26 Å². The van der Waals surface area contributed by atoms with Crippen LogP contribution in [0.1, 0.15) is 43.4 Å². The predicted molar refractivity (Wildman–Crippen MR) is 131 cm³/mol. The topological polar surface area (TPSA) is 114 Å². The van der Waals surface area contributed by atoms with Crippen molar-refractivity contribution in [1.82, 2.24) is 10.5 Å². The first kappa shape index (κ1) is 23.0. The van der Waals surface area contributed by atoms with Gasteiger partial charge in [-0.1, -0.05) is 54.8 Å². The fourth-order valence-electron chi connectivity index (χ4n) is 6.43. The molecule has 1 aromatic heterocycles. The maximum absolute atomic E-state index is 14.1. The molecule has 36 heavy (non-hydrogen) atoms. The monoisotopic (exact) mass is 490 g/mol. The average Bonchev–Trinajstić information content (AvgIpc) is 3.61. The van der Waals surface area contributed by atoms with Gasteiger partial charge < -0.3 is 19.9 Å². The van der Waals surface area contributed by atoms with Gasteiger partial charge in [0.05, 0.1) is 17.9 Å². The third kappa shape index (κ3) is 3.48. The van der Waals surface area contributed by atoms with Crippen molar-refractivity contribution < 1.29 is 23.6 Å². The number of amides is 3. The van der Waals surface area contributed by atoms with Crippen LogP contribution >= 0.6 is 0 Å². The molecule has 2 N–H and O–H groups in total. The van der Waals surface area contributed by atoms with Gasteiger partial charge in [0.25, 0.3) is 0 Å². The molecule has 9 nitrogen and oxygen atoms in total. The van der Waals surface area contributed by atoms with Crippen LogP contribution in [0.4, 0.5) is 11.5 Å². The molecule has 3 amide bonds. The molecule has 3 aliphatic heterocycles. The Morgan fingerprint density at radius 2 is 1.89 bits per heavy atom. The number of hydrogen-bond acceptors (Lipinski definition) is 6. The summed E-state index contributed by atoms with van der Waals surface area (Å²) in [6.07, 6.45) is 8.21. The first-order valence-electron chi connectivity index (χ1n) is 12.7. The number of aryl methyl sites for hydroxylation is 2. The summed E-state index contributed by atoms with van der Waals surface area (Å²) in [5.41, 5.74) is 0.307. The molecular formula is C27H30N4O5. The number of rotatable bonds is 5. The fraction of sp³-hybridized carbons (Fsp3) is 0.481. The summed E-state index contributed by atoms with van der Waals surface area (Å²) < 4.78 is 11.5. The van der Waals surface area contributed by atoms with Crippen molar-refractivity contribution >= 4 is 29.2 Å². The van der Waals surface area contributed by atoms with Crippen molar-refractivity contribution in [3.63, 3.8) is 0 Å². The summed E-state index contributed by atoms with van der Waals surface area (Å²) >= 11 is 0. The predicted octanol–water partition coefficient (Wildman–Crippen LogP) is 3.03. The van der Waals surface area contributed by atoms with Crippen LogP contribution in [0.2, 0.25) is 0 Å². The molecule has 1 saturated carbocycles. The minimum Gasteiger partial charge on any atom is -0.360 e. The maximum atomic E-state index is 14.1. The second-order valence-corrected chi connectivity index (χ2v) is 10.4. The second-order valence-electron chi connectivity index (χ2n) is 10.4. The number of benzene rings is 1. The van der Waals surface area contributed by atoms with E-state index in [-0.39, 0.29) is 29.6 Å². The number of ether oxygens (including phenoxy) is 1. The van der Waals surface area contributed by atoms with Gasteiger partial charge in [0.2, 0.25) is 17.7 Å². The molecule has 2 aromatic rings. The van der Waals surface area contributed by atoms with Crippen LogP contribution in [0.15, 0.2) is 47.0 Å². The normalized spacial score (nSPS) is 31.1. The van der Waals surface area contributed by atoms with Crippen molar-refractivity contribution in [3.8, 4) is 0 Å². The standard InChI is InChI=1S/C27H30N4O5/c1-15-8-6-7-11-18(15)31-23(25(33)28-17-9-4-3-5-10-17)27-13-12-19(35-27)21(22(27)26(31)34)24(32)29-20-14-16(2)36-30-20/h6-8,11-14,17,19,21-23H,3-5,9-10H2,1-2H3,(H,28,33)(H,29,30,32)/t19-,21+,22-,23-,27-/m1/s1. The van der Waals surface area contributed by atoms with Gasteiger partial charge in [0.1, 0.15) is 17.4 Å². The minimum atomic E-state index is -1.22. The number of aromatic nitrogens is 1. The van der Waals surface area contributed by atoms with E-state index in [1.54, 1.807) is 17.9 Å². The molecule has 5 atom stereocenters. The zero-order valence-electron chi connectivity index (χ0n) is 20.4. The third-order valence-electron chi connectivity index (χ3n) is 8.03. The van der Waals surface area contributed by atoms with E-state index in [0.717, 1.165) is 31.2 Å². The number of para-hydroxylation sites is 1. The van der Waals surface area contributed by atoms with Crippen LogP contribution in [0.3, 0.4) is 0 Å². The van der Waals surface area contributed by atoms with Crippen molar-refractivity contribution in [2.45, 2.75) is 69.7 Å². The Labute approximate surface area is 209 Å². The molecule has 0 radical (unpaired) electrons. The molecule has 4 heterocycles. The quantitative estimate of drug-likeness (QED) is 0.623. The summed E-state index contributed by atoms with van der Waals surface area (Å²) in [5.74, 6) is -1.67. The minimum absolute atomic E-state index is 0.0765. The van der Waals surface area contributed by atoms with Crippen LogP contribution in [0.5, 0.6) is 0 Å². The largest absolute Gasteiger partial charge is 0.360 e. The Bertz CT molecular complexity index is 1250. The fourth-order valence-corrected chi connectivity index (χ4v) is 6.43. The second kappa shape index (κ2) is 8.58.